The molecule has 0 radical (unpaired) electrons. The highest BCUT2D eigenvalue weighted by Gasteiger charge is 2.56. The van der Waals surface area contributed by atoms with Crippen molar-refractivity contribution in [2.75, 3.05) is 0 Å². The average Bonchev–Trinajstić information content (AvgIpc) is 2.75. The monoisotopic (exact) mass is 260 g/mol. The average molecular weight is 260 g/mol. The zero-order valence-corrected chi connectivity index (χ0v) is 12.4. The molecule has 0 aliphatic heterocycles. The van der Waals surface area contributed by atoms with Crippen LogP contribution < -0.4 is 0 Å². The van der Waals surface area contributed by atoms with Gasteiger partial charge in [0.1, 0.15) is 5.78 Å². The Morgan fingerprint density at radius 3 is 2.63 bits per heavy atom. The molecule has 0 heterocycles. The second-order valence-electron chi connectivity index (χ2n) is 8.14. The highest BCUT2D eigenvalue weighted by molar-refractivity contribution is 5.87. The van der Waals surface area contributed by atoms with Crippen molar-refractivity contribution in [3.05, 3.63) is 0 Å². The predicted molar refractivity (Wildman–Crippen MR) is 76.7 cm³/mol. The highest BCUT2D eigenvalue weighted by Crippen LogP contribution is 2.61. The minimum atomic E-state index is 0.0860. The smallest absolute Gasteiger partial charge is 0.139 e. The maximum Gasteiger partial charge on any atom is 0.139 e. The summed E-state index contributed by atoms with van der Waals surface area (Å²) in [5.41, 5.74) is 0.0860. The number of fused-ring (bicyclic) bond motifs is 5. The molecule has 1 heteroatoms. The SMILES string of the molecule is C[C@]12CC[C@H]3[C@H]4CCCC[C@@H]4CC[C@@H]3[C@H]1CCC2=O. The lowest BCUT2D eigenvalue weighted by molar-refractivity contribution is -0.132. The third-order valence-corrected chi connectivity index (χ3v) is 7.59. The van der Waals surface area contributed by atoms with Crippen LogP contribution in [0.15, 0.2) is 0 Å². The molecule has 0 unspecified atom stereocenters. The Morgan fingerprint density at radius 2 is 1.74 bits per heavy atom. The maximum absolute atomic E-state index is 12.3. The van der Waals surface area contributed by atoms with Crippen molar-refractivity contribution in [1.29, 1.82) is 0 Å². The summed E-state index contributed by atoms with van der Waals surface area (Å²) in [5, 5.41) is 0. The Bertz CT molecular complexity index is 387. The van der Waals surface area contributed by atoms with Crippen LogP contribution in [0.1, 0.15) is 71.1 Å². The first-order chi connectivity index (χ1) is 9.20. The largest absolute Gasteiger partial charge is 0.299 e. The minimum absolute atomic E-state index is 0.0860. The Hall–Kier alpha value is -0.330. The lowest BCUT2D eigenvalue weighted by Crippen LogP contribution is -2.48. The molecule has 0 aromatic heterocycles. The van der Waals surface area contributed by atoms with Crippen molar-refractivity contribution in [1.82, 2.24) is 0 Å². The van der Waals surface area contributed by atoms with Gasteiger partial charge >= 0.3 is 0 Å². The molecular formula is C18H28O. The number of rotatable bonds is 0. The molecule has 6 atom stereocenters. The van der Waals surface area contributed by atoms with Gasteiger partial charge in [-0.3, -0.25) is 4.79 Å². The summed E-state index contributed by atoms with van der Waals surface area (Å²) in [6, 6.07) is 0. The van der Waals surface area contributed by atoms with Gasteiger partial charge in [0.25, 0.3) is 0 Å². The topological polar surface area (TPSA) is 17.1 Å². The fraction of sp³-hybridized carbons (Fsp3) is 0.944. The van der Waals surface area contributed by atoms with Gasteiger partial charge in [-0.2, -0.15) is 0 Å². The van der Waals surface area contributed by atoms with E-state index in [2.05, 4.69) is 6.92 Å². The summed E-state index contributed by atoms with van der Waals surface area (Å²) in [5.74, 6) is 5.33. The first-order valence-electron chi connectivity index (χ1n) is 8.73. The van der Waals surface area contributed by atoms with Crippen LogP contribution in [0, 0.1) is 35.0 Å². The van der Waals surface area contributed by atoms with Crippen LogP contribution in [-0.2, 0) is 4.79 Å². The fourth-order valence-corrected chi connectivity index (χ4v) is 6.60. The lowest BCUT2D eigenvalue weighted by Gasteiger charge is -2.54. The molecule has 0 saturated heterocycles. The number of ketones is 1. The van der Waals surface area contributed by atoms with Crippen LogP contribution in [0.4, 0.5) is 0 Å². The molecule has 19 heavy (non-hydrogen) atoms. The summed E-state index contributed by atoms with van der Waals surface area (Å²) in [6.07, 6.45) is 13.6. The van der Waals surface area contributed by atoms with E-state index in [0.717, 1.165) is 36.0 Å². The van der Waals surface area contributed by atoms with Crippen molar-refractivity contribution in [2.45, 2.75) is 71.1 Å². The van der Waals surface area contributed by atoms with Crippen LogP contribution in [0.25, 0.3) is 0 Å². The molecular weight excluding hydrogens is 232 g/mol. The van der Waals surface area contributed by atoms with Gasteiger partial charge in [-0.15, -0.1) is 0 Å². The number of hydrogen-bond acceptors (Lipinski definition) is 1. The van der Waals surface area contributed by atoms with Crippen molar-refractivity contribution in [3.63, 3.8) is 0 Å². The van der Waals surface area contributed by atoms with Crippen molar-refractivity contribution < 1.29 is 4.79 Å². The standard InChI is InChI=1S/C18H28O/c1-18-11-10-14-13-5-3-2-4-12(13)6-7-15(14)16(18)8-9-17(18)19/h12-16H,2-11H2,1H3/t12-,13+,14+,15+,16-,18+/m1/s1. The third-order valence-electron chi connectivity index (χ3n) is 7.59. The van der Waals surface area contributed by atoms with Crippen LogP contribution in [0.5, 0.6) is 0 Å². The molecule has 0 spiro atoms. The van der Waals surface area contributed by atoms with Crippen LogP contribution >= 0.6 is 0 Å². The quantitative estimate of drug-likeness (QED) is 0.622. The van der Waals surface area contributed by atoms with Crippen LogP contribution in [0.2, 0.25) is 0 Å². The van der Waals surface area contributed by atoms with Gasteiger partial charge in [-0.05, 0) is 68.1 Å². The number of carbonyl (C=O) groups is 1. The molecule has 1 nitrogen and oxygen atoms in total. The second kappa shape index (κ2) is 4.33. The Kier molecular flexibility index (Phi) is 2.83. The van der Waals surface area contributed by atoms with Crippen LogP contribution in [0.3, 0.4) is 0 Å². The predicted octanol–water partition coefficient (Wildman–Crippen LogP) is 4.60. The Labute approximate surface area is 117 Å². The number of hydrogen-bond donors (Lipinski definition) is 0. The summed E-state index contributed by atoms with van der Waals surface area (Å²) in [7, 11) is 0. The molecule has 106 valence electrons. The molecule has 0 aromatic rings. The second-order valence-corrected chi connectivity index (χ2v) is 8.14. The first kappa shape index (κ1) is 12.4. The zero-order valence-electron chi connectivity index (χ0n) is 12.4. The van der Waals surface area contributed by atoms with E-state index in [4.69, 9.17) is 0 Å². The zero-order chi connectivity index (χ0) is 13.0. The van der Waals surface area contributed by atoms with Crippen molar-refractivity contribution >= 4 is 5.78 Å². The van der Waals surface area contributed by atoms with E-state index < -0.39 is 0 Å². The van der Waals surface area contributed by atoms with Gasteiger partial charge in [0.05, 0.1) is 0 Å². The van der Waals surface area contributed by atoms with E-state index >= 15 is 0 Å². The molecule has 0 amide bonds. The van der Waals surface area contributed by atoms with Gasteiger partial charge < -0.3 is 0 Å². The summed E-state index contributed by atoms with van der Waals surface area (Å²) >= 11 is 0. The highest BCUT2D eigenvalue weighted by atomic mass is 16.1. The summed E-state index contributed by atoms with van der Waals surface area (Å²) in [4.78, 5) is 12.3. The van der Waals surface area contributed by atoms with Crippen LogP contribution in [-0.4, -0.2) is 5.78 Å². The lowest BCUT2D eigenvalue weighted by atomic mass is 9.51. The molecule has 4 aliphatic rings. The Balaban J connectivity index is 1.61. The van der Waals surface area contributed by atoms with Crippen molar-refractivity contribution in [2.24, 2.45) is 35.0 Å². The van der Waals surface area contributed by atoms with E-state index in [1.54, 1.807) is 0 Å². The van der Waals surface area contributed by atoms with E-state index in [1.807, 2.05) is 0 Å². The van der Waals surface area contributed by atoms with Gasteiger partial charge in [0, 0.05) is 11.8 Å². The van der Waals surface area contributed by atoms with Gasteiger partial charge in [0.2, 0.25) is 0 Å². The van der Waals surface area contributed by atoms with Gasteiger partial charge in [-0.25, -0.2) is 0 Å². The molecule has 0 N–H and O–H groups in total. The number of Topliss-reactive ketones (excluding diaryl/α,β-unsaturated/α-hetero) is 1. The number of carbonyl (C=O) groups excluding carboxylic acids is 1. The van der Waals surface area contributed by atoms with Crippen molar-refractivity contribution in [3.8, 4) is 0 Å². The molecule has 4 fully saturated rings. The Morgan fingerprint density at radius 1 is 0.895 bits per heavy atom. The summed E-state index contributed by atoms with van der Waals surface area (Å²) < 4.78 is 0. The molecule has 4 saturated carbocycles. The molecule has 0 bridgehead atoms. The molecule has 0 aromatic carbocycles. The summed E-state index contributed by atoms with van der Waals surface area (Å²) in [6.45, 7) is 2.30. The van der Waals surface area contributed by atoms with E-state index in [1.165, 1.54) is 57.8 Å². The van der Waals surface area contributed by atoms with E-state index in [9.17, 15) is 4.79 Å². The normalized spacial score (nSPS) is 53.3. The van der Waals surface area contributed by atoms with E-state index in [-0.39, 0.29) is 5.41 Å². The maximum atomic E-state index is 12.3. The third kappa shape index (κ3) is 1.69. The molecule has 4 aliphatic carbocycles. The first-order valence-corrected chi connectivity index (χ1v) is 8.73. The van der Waals surface area contributed by atoms with Gasteiger partial charge in [0.15, 0.2) is 0 Å². The minimum Gasteiger partial charge on any atom is -0.299 e. The van der Waals surface area contributed by atoms with E-state index in [0.29, 0.717) is 5.78 Å². The fourth-order valence-electron chi connectivity index (χ4n) is 6.60. The molecule has 4 rings (SSSR count). The van der Waals surface area contributed by atoms with Gasteiger partial charge in [-0.1, -0.05) is 26.2 Å².